The molecule has 2 heterocycles. The molecular weight excluding hydrogens is 132 g/mol. The number of hydrazine groups is 1. The van der Waals surface area contributed by atoms with E-state index in [1.807, 2.05) is 12.2 Å². The van der Waals surface area contributed by atoms with E-state index in [0.29, 0.717) is 4.86 Å². The van der Waals surface area contributed by atoms with Crippen LogP contribution in [0.5, 0.6) is 0 Å². The molecule has 0 radical (unpaired) electrons. The van der Waals surface area contributed by atoms with E-state index in [2.05, 4.69) is 10.8 Å². The van der Waals surface area contributed by atoms with Gasteiger partial charge in [-0.2, -0.15) is 5.01 Å². The van der Waals surface area contributed by atoms with Gasteiger partial charge in [-0.05, 0) is 12.2 Å². The second-order valence-electron chi connectivity index (χ2n) is 2.05. The van der Waals surface area contributed by atoms with Crippen molar-refractivity contribution in [2.75, 3.05) is 0 Å². The zero-order valence-electron chi connectivity index (χ0n) is 5.14. The summed E-state index contributed by atoms with van der Waals surface area (Å²) >= 11 is 0. The normalized spacial score (nSPS) is 27.8. The highest BCUT2D eigenvalue weighted by atomic mass is 16.5. The third-order valence-electron chi connectivity index (χ3n) is 1.41. The Morgan fingerprint density at radius 1 is 1.60 bits per heavy atom. The largest absolute Gasteiger partial charge is 0.694 e. The van der Waals surface area contributed by atoms with Crippen molar-refractivity contribution in [1.82, 2.24) is 10.5 Å². The van der Waals surface area contributed by atoms with Crippen LogP contribution >= 0.6 is 0 Å². The highest BCUT2D eigenvalue weighted by Gasteiger charge is 2.27. The summed E-state index contributed by atoms with van der Waals surface area (Å²) in [5.74, 6) is 0. The Morgan fingerprint density at radius 3 is 3.30 bits per heavy atom. The first-order chi connectivity index (χ1) is 4.88. The highest BCUT2D eigenvalue weighted by molar-refractivity contribution is 5.09. The fourth-order valence-corrected chi connectivity index (χ4v) is 0.914. The quantitative estimate of drug-likeness (QED) is 0.381. The van der Waals surface area contributed by atoms with E-state index in [4.69, 9.17) is 0 Å². The molecule has 0 saturated heterocycles. The summed E-state index contributed by atoms with van der Waals surface area (Å²) in [7, 11) is 0. The molecule has 0 aromatic carbocycles. The average molecular weight is 138 g/mol. The zero-order valence-corrected chi connectivity index (χ0v) is 5.14. The summed E-state index contributed by atoms with van der Waals surface area (Å²) in [6, 6.07) is 0. The number of hydroxylamine groups is 1. The minimum absolute atomic E-state index is 0.301. The van der Waals surface area contributed by atoms with Gasteiger partial charge >= 0.3 is 0 Å². The molecule has 0 aromatic rings. The van der Waals surface area contributed by atoms with Crippen molar-refractivity contribution in [2.45, 2.75) is 6.17 Å². The SMILES string of the molecule is [O-][N+]1=NNN2C=CC=CC21. The third kappa shape index (κ3) is 0.570. The number of nitrogens with zero attached hydrogens (tertiary/aromatic N) is 3. The molecule has 5 nitrogen and oxygen atoms in total. The lowest BCUT2D eigenvalue weighted by Gasteiger charge is -2.15. The van der Waals surface area contributed by atoms with E-state index in [1.54, 1.807) is 17.3 Å². The van der Waals surface area contributed by atoms with Crippen LogP contribution in [0.2, 0.25) is 0 Å². The Labute approximate surface area is 57.5 Å². The van der Waals surface area contributed by atoms with Crippen LogP contribution in [-0.4, -0.2) is 16.0 Å². The molecule has 0 aromatic heterocycles. The lowest BCUT2D eigenvalue weighted by Crippen LogP contribution is -2.35. The second-order valence-corrected chi connectivity index (χ2v) is 2.05. The number of allylic oxidation sites excluding steroid dienone is 2. The zero-order chi connectivity index (χ0) is 6.97. The van der Waals surface area contributed by atoms with Crippen molar-refractivity contribution in [3.05, 3.63) is 29.6 Å². The monoisotopic (exact) mass is 138 g/mol. The predicted octanol–water partition coefficient (Wildman–Crippen LogP) is 0.0937. The van der Waals surface area contributed by atoms with Gasteiger partial charge in [-0.1, -0.05) is 11.6 Å². The van der Waals surface area contributed by atoms with Gasteiger partial charge in [-0.15, -0.1) is 4.86 Å². The first-order valence-electron chi connectivity index (χ1n) is 2.94. The van der Waals surface area contributed by atoms with Gasteiger partial charge < -0.3 is 5.21 Å². The van der Waals surface area contributed by atoms with Crippen molar-refractivity contribution >= 4 is 0 Å². The molecule has 2 aliphatic rings. The number of hydrogen-bond donors (Lipinski definition) is 1. The number of nitrogens with one attached hydrogen (secondary N) is 1. The smallest absolute Gasteiger partial charge is 0.248 e. The summed E-state index contributed by atoms with van der Waals surface area (Å²) in [6.45, 7) is 0. The molecule has 1 unspecified atom stereocenters. The van der Waals surface area contributed by atoms with Crippen LogP contribution in [0.15, 0.2) is 29.7 Å². The van der Waals surface area contributed by atoms with Crippen LogP contribution in [0.4, 0.5) is 0 Å². The Bertz CT molecular complexity index is 232. The van der Waals surface area contributed by atoms with Crippen LogP contribution in [0, 0.1) is 5.21 Å². The van der Waals surface area contributed by atoms with Crippen molar-refractivity contribution < 1.29 is 4.86 Å². The van der Waals surface area contributed by atoms with Gasteiger partial charge in [0.2, 0.25) is 6.17 Å². The van der Waals surface area contributed by atoms with Gasteiger partial charge in [0.05, 0.1) is 0 Å². The summed E-state index contributed by atoms with van der Waals surface area (Å²) in [5.41, 5.74) is 2.54. The van der Waals surface area contributed by atoms with Gasteiger partial charge in [-0.3, -0.25) is 0 Å². The molecule has 5 heteroatoms. The molecule has 1 atom stereocenters. The molecular formula is C5H6N4O. The maximum atomic E-state index is 10.8. The van der Waals surface area contributed by atoms with Crippen molar-refractivity contribution in [3.8, 4) is 0 Å². The van der Waals surface area contributed by atoms with E-state index in [-0.39, 0.29) is 6.17 Å². The molecule has 0 aliphatic carbocycles. The molecule has 10 heavy (non-hydrogen) atoms. The van der Waals surface area contributed by atoms with Crippen LogP contribution in [0.3, 0.4) is 0 Å². The maximum Gasteiger partial charge on any atom is 0.248 e. The fourth-order valence-electron chi connectivity index (χ4n) is 0.914. The van der Waals surface area contributed by atoms with Crippen molar-refractivity contribution in [3.63, 3.8) is 0 Å². The molecule has 0 amide bonds. The predicted molar refractivity (Wildman–Crippen MR) is 33.1 cm³/mol. The third-order valence-corrected chi connectivity index (χ3v) is 1.41. The highest BCUT2D eigenvalue weighted by Crippen LogP contribution is 2.10. The number of rotatable bonds is 0. The second kappa shape index (κ2) is 1.73. The Kier molecular flexibility index (Phi) is 0.913. The van der Waals surface area contributed by atoms with E-state index in [9.17, 15) is 5.21 Å². The Hall–Kier alpha value is -1.52. The van der Waals surface area contributed by atoms with Gasteiger partial charge in [0.15, 0.2) is 0 Å². The molecule has 2 rings (SSSR count). The minimum atomic E-state index is -0.301. The number of hydrogen-bond acceptors (Lipinski definition) is 4. The van der Waals surface area contributed by atoms with Crippen LogP contribution in [0.25, 0.3) is 0 Å². The lowest BCUT2D eigenvalue weighted by atomic mass is 10.3. The van der Waals surface area contributed by atoms with Gasteiger partial charge in [0, 0.05) is 6.20 Å². The van der Waals surface area contributed by atoms with E-state index < -0.39 is 0 Å². The first kappa shape index (κ1) is 5.28. The molecule has 0 bridgehead atoms. The van der Waals surface area contributed by atoms with Crippen molar-refractivity contribution in [1.29, 1.82) is 0 Å². The van der Waals surface area contributed by atoms with Crippen LogP contribution in [-0.2, 0) is 0 Å². The average Bonchev–Trinajstić information content (AvgIpc) is 2.34. The van der Waals surface area contributed by atoms with Gasteiger partial charge in [0.25, 0.3) is 0 Å². The molecule has 1 N–H and O–H groups in total. The molecule has 52 valence electrons. The maximum absolute atomic E-state index is 10.8. The summed E-state index contributed by atoms with van der Waals surface area (Å²) in [5, 5.41) is 15.8. The summed E-state index contributed by atoms with van der Waals surface area (Å²) in [4.78, 5) is 0.611. The Morgan fingerprint density at radius 2 is 2.50 bits per heavy atom. The van der Waals surface area contributed by atoms with Gasteiger partial charge in [-0.25, -0.2) is 0 Å². The minimum Gasteiger partial charge on any atom is -0.694 e. The number of fused-ring (bicyclic) bond motifs is 1. The molecule has 0 spiro atoms. The van der Waals surface area contributed by atoms with E-state index >= 15 is 0 Å². The standard InChI is InChI=1S/C5H6N4O/c10-9-5-3-1-2-4-8(5)6-7-9/h1-6H. The molecule has 0 fully saturated rings. The van der Waals surface area contributed by atoms with Crippen LogP contribution in [0.1, 0.15) is 0 Å². The molecule has 0 saturated carbocycles. The summed E-state index contributed by atoms with van der Waals surface area (Å²) in [6.07, 6.45) is 6.86. The lowest BCUT2D eigenvalue weighted by molar-refractivity contribution is -0.554. The topological polar surface area (TPSA) is 53.7 Å². The Balaban J connectivity index is 2.27. The summed E-state index contributed by atoms with van der Waals surface area (Å²) < 4.78 is 0. The van der Waals surface area contributed by atoms with E-state index in [1.165, 1.54) is 0 Å². The molecule has 2 aliphatic heterocycles. The first-order valence-corrected chi connectivity index (χ1v) is 2.94. The van der Waals surface area contributed by atoms with Crippen molar-refractivity contribution in [2.24, 2.45) is 5.22 Å². The van der Waals surface area contributed by atoms with E-state index in [0.717, 1.165) is 0 Å². The van der Waals surface area contributed by atoms with Crippen LogP contribution < -0.4 is 5.53 Å². The fraction of sp³-hybridized carbons (Fsp3) is 0.200. The van der Waals surface area contributed by atoms with Gasteiger partial charge in [0.1, 0.15) is 5.22 Å².